The SMILES string of the molecule is COC(C)O[N+]1(C)CCCCC1. The van der Waals surface area contributed by atoms with Crippen LogP contribution in [0.1, 0.15) is 26.2 Å². The number of quaternary nitrogens is 1. The highest BCUT2D eigenvalue weighted by molar-refractivity contribution is 4.46. The molecule has 0 aromatic rings. The normalized spacial score (nSPS) is 25.2. The molecule has 0 saturated carbocycles. The fraction of sp³-hybridized carbons (Fsp3) is 1.00. The molecular weight excluding hydrogens is 154 g/mol. The summed E-state index contributed by atoms with van der Waals surface area (Å²) in [6.45, 7) is 4.18. The molecule has 0 amide bonds. The summed E-state index contributed by atoms with van der Waals surface area (Å²) in [6, 6.07) is 0. The van der Waals surface area contributed by atoms with Crippen LogP contribution in [0.15, 0.2) is 0 Å². The van der Waals surface area contributed by atoms with Gasteiger partial charge >= 0.3 is 0 Å². The quantitative estimate of drug-likeness (QED) is 0.477. The zero-order chi connectivity index (χ0) is 9.03. The number of piperidine rings is 1. The molecule has 1 fully saturated rings. The van der Waals surface area contributed by atoms with Crippen LogP contribution in [0.2, 0.25) is 0 Å². The van der Waals surface area contributed by atoms with Crippen molar-refractivity contribution in [2.45, 2.75) is 32.5 Å². The second-order valence-electron chi connectivity index (χ2n) is 3.71. The Bertz CT molecular complexity index is 132. The molecule has 0 N–H and O–H groups in total. The van der Waals surface area contributed by atoms with Crippen LogP contribution in [-0.2, 0) is 9.57 Å². The molecule has 1 unspecified atom stereocenters. The van der Waals surface area contributed by atoms with Crippen LogP contribution in [0.4, 0.5) is 0 Å². The molecule has 12 heavy (non-hydrogen) atoms. The van der Waals surface area contributed by atoms with Crippen LogP contribution < -0.4 is 0 Å². The van der Waals surface area contributed by atoms with Crippen molar-refractivity contribution in [2.75, 3.05) is 27.2 Å². The maximum Gasteiger partial charge on any atom is 0.212 e. The van der Waals surface area contributed by atoms with E-state index in [1.165, 1.54) is 19.3 Å². The summed E-state index contributed by atoms with van der Waals surface area (Å²) in [5.41, 5.74) is 0. The number of rotatable bonds is 3. The van der Waals surface area contributed by atoms with E-state index < -0.39 is 0 Å². The van der Waals surface area contributed by atoms with E-state index in [-0.39, 0.29) is 6.29 Å². The lowest BCUT2D eigenvalue weighted by atomic mass is 10.1. The van der Waals surface area contributed by atoms with Crippen molar-refractivity contribution >= 4 is 0 Å². The second kappa shape index (κ2) is 4.21. The Hall–Kier alpha value is -0.120. The number of hydrogen-bond acceptors (Lipinski definition) is 2. The van der Waals surface area contributed by atoms with Gasteiger partial charge in [0.25, 0.3) is 0 Å². The molecule has 0 aliphatic carbocycles. The van der Waals surface area contributed by atoms with E-state index in [1.807, 2.05) is 6.92 Å². The maximum absolute atomic E-state index is 5.74. The lowest BCUT2D eigenvalue weighted by Gasteiger charge is -2.36. The standard InChI is InChI=1S/C9H20NO2/c1-9(11-3)12-10(2)7-5-4-6-8-10/h9H,4-8H2,1-3H3/q+1. The third kappa shape index (κ3) is 2.73. The number of methoxy groups -OCH3 is 1. The predicted octanol–water partition coefficient (Wildman–Crippen LogP) is 1.54. The van der Waals surface area contributed by atoms with Gasteiger partial charge in [-0.1, -0.05) is 0 Å². The van der Waals surface area contributed by atoms with Gasteiger partial charge in [0.15, 0.2) is 0 Å². The van der Waals surface area contributed by atoms with E-state index in [0.29, 0.717) is 0 Å². The van der Waals surface area contributed by atoms with Gasteiger partial charge < -0.3 is 4.74 Å². The fourth-order valence-electron chi connectivity index (χ4n) is 1.69. The number of hydrogen-bond donors (Lipinski definition) is 0. The highest BCUT2D eigenvalue weighted by Gasteiger charge is 2.28. The number of ether oxygens (including phenoxy) is 1. The highest BCUT2D eigenvalue weighted by atomic mass is 16.8. The Morgan fingerprint density at radius 1 is 1.17 bits per heavy atom. The Morgan fingerprint density at radius 3 is 2.25 bits per heavy atom. The first kappa shape index (κ1) is 9.96. The molecule has 1 rings (SSSR count). The van der Waals surface area contributed by atoms with Crippen LogP contribution >= 0.6 is 0 Å². The monoisotopic (exact) mass is 174 g/mol. The van der Waals surface area contributed by atoms with Crippen molar-refractivity contribution in [3.63, 3.8) is 0 Å². The van der Waals surface area contributed by atoms with Gasteiger partial charge in [-0.05, 0) is 26.2 Å². The lowest BCUT2D eigenvalue weighted by Crippen LogP contribution is -2.49. The van der Waals surface area contributed by atoms with Gasteiger partial charge in [-0.3, -0.25) is 0 Å². The maximum atomic E-state index is 5.74. The van der Waals surface area contributed by atoms with Crippen LogP contribution in [0.3, 0.4) is 0 Å². The van der Waals surface area contributed by atoms with E-state index >= 15 is 0 Å². The number of likely N-dealkylation sites (tertiary alicyclic amines) is 1. The molecule has 0 bridgehead atoms. The fourth-order valence-corrected chi connectivity index (χ4v) is 1.69. The zero-order valence-electron chi connectivity index (χ0n) is 8.38. The van der Waals surface area contributed by atoms with Gasteiger partial charge in [0, 0.05) is 7.11 Å². The lowest BCUT2D eigenvalue weighted by molar-refractivity contribution is -1.10. The Kier molecular flexibility index (Phi) is 3.50. The number of nitrogens with zero attached hydrogens (tertiary/aromatic N) is 1. The first-order valence-electron chi connectivity index (χ1n) is 4.72. The summed E-state index contributed by atoms with van der Waals surface area (Å²) in [6.07, 6.45) is 3.80. The van der Waals surface area contributed by atoms with Crippen LogP contribution in [-0.4, -0.2) is 38.2 Å². The molecule has 0 radical (unpaired) electrons. The molecule has 0 aromatic heterocycles. The highest BCUT2D eigenvalue weighted by Crippen LogP contribution is 2.18. The third-order valence-electron chi connectivity index (χ3n) is 2.50. The summed E-state index contributed by atoms with van der Waals surface area (Å²) >= 11 is 0. The van der Waals surface area contributed by atoms with E-state index in [0.717, 1.165) is 17.7 Å². The Morgan fingerprint density at radius 2 is 1.75 bits per heavy atom. The van der Waals surface area contributed by atoms with Crippen molar-refractivity contribution in [2.24, 2.45) is 0 Å². The van der Waals surface area contributed by atoms with Gasteiger partial charge in [-0.15, -0.1) is 0 Å². The van der Waals surface area contributed by atoms with Crippen LogP contribution in [0.5, 0.6) is 0 Å². The molecule has 72 valence electrons. The van der Waals surface area contributed by atoms with E-state index in [9.17, 15) is 0 Å². The van der Waals surface area contributed by atoms with Gasteiger partial charge in [-0.2, -0.15) is 9.48 Å². The van der Waals surface area contributed by atoms with Gasteiger partial charge in [0.1, 0.15) is 13.1 Å². The molecular formula is C9H20NO2+. The Balaban J connectivity index is 2.35. The average molecular weight is 174 g/mol. The minimum absolute atomic E-state index is 0.0897. The minimum Gasteiger partial charge on any atom is -0.351 e. The minimum atomic E-state index is -0.0897. The topological polar surface area (TPSA) is 18.5 Å². The van der Waals surface area contributed by atoms with E-state index in [1.54, 1.807) is 7.11 Å². The van der Waals surface area contributed by atoms with Crippen molar-refractivity contribution in [1.82, 2.24) is 0 Å². The first-order valence-corrected chi connectivity index (χ1v) is 4.72. The Labute approximate surface area is 74.8 Å². The number of hydroxylamine groups is 3. The second-order valence-corrected chi connectivity index (χ2v) is 3.71. The summed E-state index contributed by atoms with van der Waals surface area (Å²) in [7, 11) is 3.81. The summed E-state index contributed by atoms with van der Waals surface area (Å²) < 4.78 is 5.80. The van der Waals surface area contributed by atoms with E-state index in [2.05, 4.69) is 7.05 Å². The molecule has 1 heterocycles. The molecule has 0 spiro atoms. The molecule has 0 aromatic carbocycles. The van der Waals surface area contributed by atoms with Gasteiger partial charge in [-0.25, -0.2) is 0 Å². The molecule has 1 aliphatic rings. The van der Waals surface area contributed by atoms with Crippen molar-refractivity contribution in [3.8, 4) is 0 Å². The predicted molar refractivity (Wildman–Crippen MR) is 47.3 cm³/mol. The van der Waals surface area contributed by atoms with Crippen LogP contribution in [0.25, 0.3) is 0 Å². The summed E-state index contributed by atoms with van der Waals surface area (Å²) in [5, 5.41) is 0. The van der Waals surface area contributed by atoms with Crippen molar-refractivity contribution in [3.05, 3.63) is 0 Å². The molecule has 1 atom stereocenters. The summed E-state index contributed by atoms with van der Waals surface area (Å²) in [4.78, 5) is 5.74. The van der Waals surface area contributed by atoms with Crippen LogP contribution in [0, 0.1) is 0 Å². The third-order valence-corrected chi connectivity index (χ3v) is 2.50. The van der Waals surface area contributed by atoms with E-state index in [4.69, 9.17) is 9.57 Å². The smallest absolute Gasteiger partial charge is 0.212 e. The largest absolute Gasteiger partial charge is 0.351 e. The van der Waals surface area contributed by atoms with Crippen molar-refractivity contribution in [1.29, 1.82) is 0 Å². The molecule has 1 aliphatic heterocycles. The summed E-state index contributed by atoms with van der Waals surface area (Å²) in [5.74, 6) is 0. The van der Waals surface area contributed by atoms with Crippen molar-refractivity contribution < 1.29 is 14.2 Å². The molecule has 3 heteroatoms. The average Bonchev–Trinajstić information content (AvgIpc) is 2.05. The molecule has 3 nitrogen and oxygen atoms in total. The first-order chi connectivity index (χ1) is 5.66. The molecule has 1 saturated heterocycles. The zero-order valence-corrected chi connectivity index (χ0v) is 8.38. The van der Waals surface area contributed by atoms with Gasteiger partial charge in [0.2, 0.25) is 6.29 Å². The van der Waals surface area contributed by atoms with Gasteiger partial charge in [0.05, 0.1) is 7.05 Å².